The molecule has 0 amide bonds. The van der Waals surface area contributed by atoms with Crippen molar-refractivity contribution in [3.63, 3.8) is 0 Å². The van der Waals surface area contributed by atoms with E-state index in [4.69, 9.17) is 10.5 Å². The fourth-order valence-corrected chi connectivity index (χ4v) is 3.38. The lowest BCUT2D eigenvalue weighted by Gasteiger charge is -2.33. The molecule has 2 aliphatic rings. The molecule has 1 spiro atoms. The summed E-state index contributed by atoms with van der Waals surface area (Å²) in [6, 6.07) is 0. The summed E-state index contributed by atoms with van der Waals surface area (Å²) in [7, 11) is 0. The minimum atomic E-state index is 0.187. The summed E-state index contributed by atoms with van der Waals surface area (Å²) in [5.74, 6) is 0.850. The highest BCUT2D eigenvalue weighted by molar-refractivity contribution is 4.92. The van der Waals surface area contributed by atoms with Gasteiger partial charge in [0.15, 0.2) is 0 Å². The lowest BCUT2D eigenvalue weighted by atomic mass is 9.83. The maximum Gasteiger partial charge on any atom is 0.140 e. The number of hydrogen-bond acceptors (Lipinski definition) is 4. The van der Waals surface area contributed by atoms with Crippen molar-refractivity contribution < 1.29 is 4.74 Å². The standard InChI is InChI=1S/C13H22N4O/c14-8-12-15-10-16-17(12)9-11-4-7-13(18-11)5-2-1-3-6-13/h10-11H,1-9,14H2. The van der Waals surface area contributed by atoms with E-state index >= 15 is 0 Å². The van der Waals surface area contributed by atoms with Crippen LogP contribution in [0.3, 0.4) is 0 Å². The Morgan fingerprint density at radius 2 is 2.17 bits per heavy atom. The number of ether oxygens (including phenoxy) is 1. The van der Waals surface area contributed by atoms with Crippen LogP contribution in [0.4, 0.5) is 0 Å². The monoisotopic (exact) mass is 250 g/mol. The van der Waals surface area contributed by atoms with Gasteiger partial charge in [0.25, 0.3) is 0 Å². The molecule has 0 radical (unpaired) electrons. The smallest absolute Gasteiger partial charge is 0.140 e. The summed E-state index contributed by atoms with van der Waals surface area (Å²) in [4.78, 5) is 4.15. The van der Waals surface area contributed by atoms with Crippen LogP contribution in [0.15, 0.2) is 6.33 Å². The van der Waals surface area contributed by atoms with Gasteiger partial charge in [-0.1, -0.05) is 19.3 Å². The van der Waals surface area contributed by atoms with E-state index in [0.29, 0.717) is 6.54 Å². The van der Waals surface area contributed by atoms with E-state index in [-0.39, 0.29) is 11.7 Å². The van der Waals surface area contributed by atoms with Gasteiger partial charge in [0.05, 0.1) is 24.8 Å². The number of aromatic nitrogens is 3. The normalized spacial score (nSPS) is 26.8. The Hall–Kier alpha value is -0.940. The van der Waals surface area contributed by atoms with Crippen LogP contribution >= 0.6 is 0 Å². The molecule has 2 N–H and O–H groups in total. The zero-order chi connectivity index (χ0) is 12.4. The molecule has 1 unspecified atom stereocenters. The van der Waals surface area contributed by atoms with Gasteiger partial charge in [0, 0.05) is 0 Å². The van der Waals surface area contributed by atoms with E-state index < -0.39 is 0 Å². The first-order chi connectivity index (χ1) is 8.81. The molecule has 1 saturated heterocycles. The van der Waals surface area contributed by atoms with Crippen molar-refractivity contribution in [1.82, 2.24) is 14.8 Å². The van der Waals surface area contributed by atoms with Gasteiger partial charge < -0.3 is 10.5 Å². The van der Waals surface area contributed by atoms with Crippen molar-refractivity contribution in [3.05, 3.63) is 12.2 Å². The Labute approximate surface area is 108 Å². The van der Waals surface area contributed by atoms with Crippen molar-refractivity contribution in [1.29, 1.82) is 0 Å². The molecule has 0 bridgehead atoms. The second kappa shape index (κ2) is 4.97. The van der Waals surface area contributed by atoms with Crippen molar-refractivity contribution in [2.24, 2.45) is 5.73 Å². The highest BCUT2D eigenvalue weighted by Crippen LogP contribution is 2.42. The molecule has 2 heterocycles. The van der Waals surface area contributed by atoms with Crippen LogP contribution in [0.1, 0.15) is 50.8 Å². The first-order valence-corrected chi connectivity index (χ1v) is 7.06. The Balaban J connectivity index is 1.62. The average molecular weight is 250 g/mol. The van der Waals surface area contributed by atoms with E-state index in [1.54, 1.807) is 6.33 Å². The Kier molecular flexibility index (Phi) is 3.35. The molecule has 1 aromatic heterocycles. The number of nitrogens with two attached hydrogens (primary N) is 1. The molecule has 18 heavy (non-hydrogen) atoms. The molecular formula is C13H22N4O. The highest BCUT2D eigenvalue weighted by Gasteiger charge is 2.40. The molecule has 5 heteroatoms. The predicted molar refractivity (Wildman–Crippen MR) is 67.8 cm³/mol. The van der Waals surface area contributed by atoms with Gasteiger partial charge in [-0.25, -0.2) is 9.67 Å². The zero-order valence-corrected chi connectivity index (χ0v) is 10.8. The van der Waals surface area contributed by atoms with Crippen LogP contribution in [0.25, 0.3) is 0 Å². The van der Waals surface area contributed by atoms with Gasteiger partial charge in [-0.15, -0.1) is 0 Å². The molecule has 2 fully saturated rings. The van der Waals surface area contributed by atoms with Gasteiger partial charge in [-0.2, -0.15) is 5.10 Å². The first kappa shape index (κ1) is 12.1. The lowest BCUT2D eigenvalue weighted by Crippen LogP contribution is -2.32. The third-order valence-electron chi connectivity index (χ3n) is 4.36. The van der Waals surface area contributed by atoms with Crippen molar-refractivity contribution >= 4 is 0 Å². The van der Waals surface area contributed by atoms with Crippen LogP contribution in [0.2, 0.25) is 0 Å². The van der Waals surface area contributed by atoms with Crippen molar-refractivity contribution in [2.45, 2.75) is 69.7 Å². The van der Waals surface area contributed by atoms with Gasteiger partial charge in [0.2, 0.25) is 0 Å². The molecule has 1 saturated carbocycles. The van der Waals surface area contributed by atoms with E-state index in [2.05, 4.69) is 10.1 Å². The molecule has 1 atom stereocenters. The van der Waals surface area contributed by atoms with Crippen LogP contribution in [0.5, 0.6) is 0 Å². The van der Waals surface area contributed by atoms with E-state index in [0.717, 1.165) is 18.8 Å². The van der Waals surface area contributed by atoms with Gasteiger partial charge in [-0.05, 0) is 25.7 Å². The molecule has 100 valence electrons. The summed E-state index contributed by atoms with van der Waals surface area (Å²) in [5, 5.41) is 4.23. The Morgan fingerprint density at radius 1 is 1.33 bits per heavy atom. The zero-order valence-electron chi connectivity index (χ0n) is 10.8. The lowest BCUT2D eigenvalue weighted by molar-refractivity contribution is -0.0690. The highest BCUT2D eigenvalue weighted by atomic mass is 16.5. The Bertz CT molecular complexity index is 397. The minimum absolute atomic E-state index is 0.187. The molecule has 1 aromatic rings. The molecule has 1 aliphatic carbocycles. The molecule has 1 aliphatic heterocycles. The van der Waals surface area contributed by atoms with Gasteiger partial charge in [0.1, 0.15) is 12.2 Å². The summed E-state index contributed by atoms with van der Waals surface area (Å²) in [6.07, 6.45) is 10.7. The maximum atomic E-state index is 6.33. The summed E-state index contributed by atoms with van der Waals surface area (Å²) in [6.45, 7) is 1.24. The predicted octanol–water partition coefficient (Wildman–Crippen LogP) is 1.62. The van der Waals surface area contributed by atoms with E-state index in [1.165, 1.54) is 38.5 Å². The topological polar surface area (TPSA) is 66.0 Å². The van der Waals surface area contributed by atoms with Gasteiger partial charge >= 0.3 is 0 Å². The fourth-order valence-electron chi connectivity index (χ4n) is 3.38. The third-order valence-corrected chi connectivity index (χ3v) is 4.36. The second-order valence-corrected chi connectivity index (χ2v) is 5.58. The summed E-state index contributed by atoms with van der Waals surface area (Å²) < 4.78 is 8.23. The fraction of sp³-hybridized carbons (Fsp3) is 0.846. The third kappa shape index (κ3) is 2.29. The quantitative estimate of drug-likeness (QED) is 0.885. The van der Waals surface area contributed by atoms with E-state index in [1.807, 2.05) is 4.68 Å². The minimum Gasteiger partial charge on any atom is -0.370 e. The van der Waals surface area contributed by atoms with Crippen LogP contribution in [-0.2, 0) is 17.8 Å². The number of hydrogen-bond donors (Lipinski definition) is 1. The van der Waals surface area contributed by atoms with Crippen molar-refractivity contribution in [2.75, 3.05) is 0 Å². The first-order valence-electron chi connectivity index (χ1n) is 7.06. The maximum absolute atomic E-state index is 6.33. The van der Waals surface area contributed by atoms with Crippen LogP contribution in [0, 0.1) is 0 Å². The molecule has 0 aromatic carbocycles. The summed E-state index contributed by atoms with van der Waals surface area (Å²) >= 11 is 0. The second-order valence-electron chi connectivity index (χ2n) is 5.58. The van der Waals surface area contributed by atoms with Crippen LogP contribution in [-0.4, -0.2) is 26.5 Å². The number of nitrogens with zero attached hydrogens (tertiary/aromatic N) is 3. The van der Waals surface area contributed by atoms with Crippen LogP contribution < -0.4 is 5.73 Å². The molecular weight excluding hydrogens is 228 g/mol. The average Bonchev–Trinajstić information content (AvgIpc) is 2.99. The largest absolute Gasteiger partial charge is 0.370 e. The number of rotatable bonds is 3. The molecule has 3 rings (SSSR count). The SMILES string of the molecule is NCc1ncnn1CC1CCC2(CCCCC2)O1. The van der Waals surface area contributed by atoms with E-state index in [9.17, 15) is 0 Å². The van der Waals surface area contributed by atoms with Gasteiger partial charge in [-0.3, -0.25) is 0 Å². The summed E-state index contributed by atoms with van der Waals surface area (Å²) in [5.41, 5.74) is 5.83. The van der Waals surface area contributed by atoms with Crippen molar-refractivity contribution in [3.8, 4) is 0 Å². The molecule has 5 nitrogen and oxygen atoms in total. The Morgan fingerprint density at radius 3 is 2.94 bits per heavy atom.